The topological polar surface area (TPSA) is 30.5 Å². The van der Waals surface area contributed by atoms with Crippen molar-refractivity contribution in [1.29, 1.82) is 0 Å². The van der Waals surface area contributed by atoms with E-state index in [1.807, 2.05) is 67.6 Å². The average Bonchev–Trinajstić information content (AvgIpc) is 2.69. The van der Waals surface area contributed by atoms with Crippen molar-refractivity contribution in [3.05, 3.63) is 87.9 Å². The highest BCUT2D eigenvalue weighted by molar-refractivity contribution is 6.31. The van der Waals surface area contributed by atoms with Gasteiger partial charge in [-0.2, -0.15) is 0 Å². The first-order chi connectivity index (χ1) is 13.2. The van der Waals surface area contributed by atoms with Gasteiger partial charge >= 0.3 is 0 Å². The predicted octanol–water partition coefficient (Wildman–Crippen LogP) is 6.58. The summed E-state index contributed by atoms with van der Waals surface area (Å²) >= 11 is 12.7. The fourth-order valence-electron chi connectivity index (χ4n) is 2.62. The van der Waals surface area contributed by atoms with Crippen LogP contribution in [0.2, 0.25) is 10.0 Å². The van der Waals surface area contributed by atoms with Crippen molar-refractivity contribution in [2.45, 2.75) is 20.1 Å². The number of hydrogen-bond donors (Lipinski definition) is 1. The summed E-state index contributed by atoms with van der Waals surface area (Å²) in [6.45, 7) is 3.41. The van der Waals surface area contributed by atoms with Gasteiger partial charge in [-0.05, 0) is 36.8 Å². The zero-order valence-corrected chi connectivity index (χ0v) is 16.6. The van der Waals surface area contributed by atoms with Crippen LogP contribution in [0.5, 0.6) is 11.5 Å². The molecule has 0 unspecified atom stereocenters. The minimum atomic E-state index is 0.345. The molecule has 3 rings (SSSR count). The van der Waals surface area contributed by atoms with Crippen LogP contribution in [0.4, 0.5) is 5.69 Å². The second-order valence-electron chi connectivity index (χ2n) is 5.92. The predicted molar refractivity (Wildman–Crippen MR) is 112 cm³/mol. The SMILES string of the molecule is CCOc1cc(CNc2ccccc2)c(Cl)cc1OCc1ccccc1Cl. The van der Waals surface area contributed by atoms with E-state index in [0.717, 1.165) is 16.8 Å². The van der Waals surface area contributed by atoms with Crippen LogP contribution in [-0.2, 0) is 13.2 Å². The van der Waals surface area contributed by atoms with Crippen molar-refractivity contribution in [3.63, 3.8) is 0 Å². The minimum absolute atomic E-state index is 0.345. The standard InChI is InChI=1S/C22H21Cl2NO2/c1-2-26-21-12-17(14-25-18-9-4-3-5-10-18)20(24)13-22(21)27-15-16-8-6-7-11-19(16)23/h3-13,25H,2,14-15H2,1H3. The maximum atomic E-state index is 6.48. The van der Waals surface area contributed by atoms with Gasteiger partial charge in [0.05, 0.1) is 6.61 Å². The third-order valence-corrected chi connectivity index (χ3v) is 4.73. The van der Waals surface area contributed by atoms with E-state index in [2.05, 4.69) is 5.32 Å². The van der Waals surface area contributed by atoms with E-state index in [1.54, 1.807) is 6.07 Å². The highest BCUT2D eigenvalue weighted by Gasteiger charge is 2.12. The molecule has 0 bridgehead atoms. The Hall–Kier alpha value is -2.36. The number of benzene rings is 3. The van der Waals surface area contributed by atoms with E-state index in [1.165, 1.54) is 0 Å². The molecule has 0 aliphatic rings. The lowest BCUT2D eigenvalue weighted by Crippen LogP contribution is -2.04. The van der Waals surface area contributed by atoms with Gasteiger partial charge in [0.2, 0.25) is 0 Å². The van der Waals surface area contributed by atoms with Crippen molar-refractivity contribution in [1.82, 2.24) is 0 Å². The van der Waals surface area contributed by atoms with Crippen molar-refractivity contribution in [2.75, 3.05) is 11.9 Å². The molecule has 0 aliphatic heterocycles. The summed E-state index contributed by atoms with van der Waals surface area (Å²) in [6, 6.07) is 21.3. The molecule has 140 valence electrons. The molecule has 3 aromatic rings. The maximum Gasteiger partial charge on any atom is 0.163 e. The van der Waals surface area contributed by atoms with Gasteiger partial charge in [0.25, 0.3) is 0 Å². The van der Waals surface area contributed by atoms with Crippen molar-refractivity contribution in [3.8, 4) is 11.5 Å². The van der Waals surface area contributed by atoms with Gasteiger partial charge in [-0.15, -0.1) is 0 Å². The summed E-state index contributed by atoms with van der Waals surface area (Å²) in [5.41, 5.74) is 2.88. The minimum Gasteiger partial charge on any atom is -0.490 e. The van der Waals surface area contributed by atoms with E-state index in [9.17, 15) is 0 Å². The van der Waals surface area contributed by atoms with Crippen LogP contribution >= 0.6 is 23.2 Å². The number of nitrogens with one attached hydrogen (secondary N) is 1. The number of hydrogen-bond acceptors (Lipinski definition) is 3. The lowest BCUT2D eigenvalue weighted by Gasteiger charge is -2.16. The van der Waals surface area contributed by atoms with Crippen LogP contribution in [0.1, 0.15) is 18.1 Å². The summed E-state index contributed by atoms with van der Waals surface area (Å²) < 4.78 is 11.7. The molecular weight excluding hydrogens is 381 g/mol. The largest absolute Gasteiger partial charge is 0.490 e. The molecule has 3 aromatic carbocycles. The Morgan fingerprint density at radius 2 is 1.48 bits per heavy atom. The van der Waals surface area contributed by atoms with Gasteiger partial charge in [0, 0.05) is 33.9 Å². The second kappa shape index (κ2) is 9.54. The quantitative estimate of drug-likeness (QED) is 0.462. The molecule has 0 aliphatic carbocycles. The first kappa shape index (κ1) is 19.4. The molecular formula is C22H21Cl2NO2. The summed E-state index contributed by atoms with van der Waals surface area (Å²) in [5.74, 6) is 1.27. The van der Waals surface area contributed by atoms with Gasteiger partial charge < -0.3 is 14.8 Å². The molecule has 0 saturated carbocycles. The van der Waals surface area contributed by atoms with Crippen LogP contribution in [-0.4, -0.2) is 6.61 Å². The van der Waals surface area contributed by atoms with Crippen molar-refractivity contribution in [2.24, 2.45) is 0 Å². The molecule has 0 fully saturated rings. The Morgan fingerprint density at radius 3 is 2.22 bits per heavy atom. The molecule has 0 radical (unpaired) electrons. The molecule has 5 heteroatoms. The molecule has 0 aromatic heterocycles. The maximum absolute atomic E-state index is 6.48. The monoisotopic (exact) mass is 401 g/mol. The second-order valence-corrected chi connectivity index (χ2v) is 6.74. The first-order valence-electron chi connectivity index (χ1n) is 8.77. The van der Waals surface area contributed by atoms with E-state index < -0.39 is 0 Å². The molecule has 3 nitrogen and oxygen atoms in total. The molecule has 0 saturated heterocycles. The lowest BCUT2D eigenvalue weighted by molar-refractivity contribution is 0.269. The Morgan fingerprint density at radius 1 is 0.778 bits per heavy atom. The zero-order valence-electron chi connectivity index (χ0n) is 15.0. The van der Waals surface area contributed by atoms with Crippen LogP contribution in [0.25, 0.3) is 0 Å². The number of halogens is 2. The molecule has 0 spiro atoms. The van der Waals surface area contributed by atoms with E-state index in [-0.39, 0.29) is 0 Å². The van der Waals surface area contributed by atoms with Crippen LogP contribution < -0.4 is 14.8 Å². The number of ether oxygens (including phenoxy) is 2. The molecule has 0 heterocycles. The van der Waals surface area contributed by atoms with Crippen molar-refractivity contribution < 1.29 is 9.47 Å². The van der Waals surface area contributed by atoms with Gasteiger partial charge in [0.15, 0.2) is 11.5 Å². The highest BCUT2D eigenvalue weighted by Crippen LogP contribution is 2.35. The smallest absolute Gasteiger partial charge is 0.163 e. The molecule has 0 amide bonds. The first-order valence-corrected chi connectivity index (χ1v) is 9.53. The number of anilines is 1. The fourth-order valence-corrected chi connectivity index (χ4v) is 3.03. The normalized spacial score (nSPS) is 10.5. The fraction of sp³-hybridized carbons (Fsp3) is 0.182. The van der Waals surface area contributed by atoms with Crippen LogP contribution in [0.15, 0.2) is 66.7 Å². The van der Waals surface area contributed by atoms with E-state index in [4.69, 9.17) is 32.7 Å². The lowest BCUT2D eigenvalue weighted by atomic mass is 10.2. The highest BCUT2D eigenvalue weighted by atomic mass is 35.5. The average molecular weight is 402 g/mol. The summed E-state index contributed by atoms with van der Waals surface area (Å²) in [5, 5.41) is 4.65. The number of para-hydroxylation sites is 1. The van der Waals surface area contributed by atoms with Crippen LogP contribution in [0, 0.1) is 0 Å². The Balaban J connectivity index is 1.76. The third-order valence-electron chi connectivity index (χ3n) is 4.01. The summed E-state index contributed by atoms with van der Waals surface area (Å²) in [6.07, 6.45) is 0. The Kier molecular flexibility index (Phi) is 6.86. The van der Waals surface area contributed by atoms with Gasteiger partial charge in [-0.1, -0.05) is 59.6 Å². The van der Waals surface area contributed by atoms with Gasteiger partial charge in [0.1, 0.15) is 6.61 Å². The van der Waals surface area contributed by atoms with Crippen molar-refractivity contribution >= 4 is 28.9 Å². The molecule has 27 heavy (non-hydrogen) atoms. The summed E-state index contributed by atoms with van der Waals surface area (Å²) in [4.78, 5) is 0. The van der Waals surface area contributed by atoms with Crippen LogP contribution in [0.3, 0.4) is 0 Å². The zero-order chi connectivity index (χ0) is 19.1. The third kappa shape index (κ3) is 5.31. The molecule has 1 N–H and O–H groups in total. The Labute approximate surface area is 169 Å². The molecule has 0 atom stereocenters. The van der Waals surface area contributed by atoms with Gasteiger partial charge in [-0.25, -0.2) is 0 Å². The van der Waals surface area contributed by atoms with E-state index in [0.29, 0.717) is 41.3 Å². The Bertz CT molecular complexity index is 885. The number of rotatable bonds is 8. The summed E-state index contributed by atoms with van der Waals surface area (Å²) in [7, 11) is 0. The van der Waals surface area contributed by atoms with E-state index >= 15 is 0 Å². The van der Waals surface area contributed by atoms with Gasteiger partial charge in [-0.3, -0.25) is 0 Å².